The molecule has 0 aliphatic heterocycles. The van der Waals surface area contributed by atoms with Crippen molar-refractivity contribution in [2.45, 2.75) is 6.92 Å². The van der Waals surface area contributed by atoms with Crippen molar-refractivity contribution in [1.82, 2.24) is 9.38 Å². The molecule has 102 valence electrons. The van der Waals surface area contributed by atoms with Crippen LogP contribution in [0.4, 0.5) is 5.82 Å². The third kappa shape index (κ3) is 2.24. The third-order valence-corrected chi connectivity index (χ3v) is 4.42. The summed E-state index contributed by atoms with van der Waals surface area (Å²) in [7, 11) is 0. The molecule has 0 unspecified atom stereocenters. The fraction of sp³-hybridized carbons (Fsp3) is 0.0714. The Bertz CT molecular complexity index is 827. The van der Waals surface area contributed by atoms with E-state index in [9.17, 15) is 0 Å². The number of aryl methyl sites for hydroxylation is 1. The van der Waals surface area contributed by atoms with E-state index in [-0.39, 0.29) is 0 Å². The lowest BCUT2D eigenvalue weighted by molar-refractivity contribution is 1.16. The lowest BCUT2D eigenvalue weighted by atomic mass is 10.1. The van der Waals surface area contributed by atoms with Crippen molar-refractivity contribution in [3.63, 3.8) is 0 Å². The molecular weight excluding hydrogens is 405 g/mol. The Morgan fingerprint density at radius 1 is 1.25 bits per heavy atom. The second kappa shape index (κ2) is 5.06. The van der Waals surface area contributed by atoms with Crippen LogP contribution in [0.2, 0.25) is 5.02 Å². The number of rotatable bonds is 1. The Labute approximate surface area is 138 Å². The van der Waals surface area contributed by atoms with Gasteiger partial charge in [0, 0.05) is 25.7 Å². The SMILES string of the molecule is Cc1cc(Br)cn2c(N)c(-c3ccc(Cl)cc3Br)nc12. The molecule has 6 heteroatoms. The van der Waals surface area contributed by atoms with Gasteiger partial charge in [-0.25, -0.2) is 4.98 Å². The van der Waals surface area contributed by atoms with Crippen molar-refractivity contribution >= 4 is 54.9 Å². The van der Waals surface area contributed by atoms with Gasteiger partial charge in [0.05, 0.1) is 0 Å². The number of fused-ring (bicyclic) bond motifs is 1. The van der Waals surface area contributed by atoms with Crippen LogP contribution in [0.1, 0.15) is 5.56 Å². The second-order valence-corrected chi connectivity index (χ2v) is 6.71. The fourth-order valence-corrected chi connectivity index (χ4v) is 3.58. The van der Waals surface area contributed by atoms with Gasteiger partial charge in [0.25, 0.3) is 0 Å². The van der Waals surface area contributed by atoms with Crippen LogP contribution in [0.3, 0.4) is 0 Å². The number of hydrogen-bond donors (Lipinski definition) is 1. The highest BCUT2D eigenvalue weighted by molar-refractivity contribution is 9.10. The van der Waals surface area contributed by atoms with Crippen molar-refractivity contribution in [2.75, 3.05) is 5.73 Å². The van der Waals surface area contributed by atoms with E-state index in [4.69, 9.17) is 17.3 Å². The zero-order chi connectivity index (χ0) is 14.4. The summed E-state index contributed by atoms with van der Waals surface area (Å²) in [6, 6.07) is 7.59. The van der Waals surface area contributed by atoms with Crippen molar-refractivity contribution in [1.29, 1.82) is 0 Å². The molecule has 20 heavy (non-hydrogen) atoms. The fourth-order valence-electron chi connectivity index (χ4n) is 2.17. The molecule has 0 saturated carbocycles. The predicted molar refractivity (Wildman–Crippen MR) is 90.2 cm³/mol. The number of nitrogens with two attached hydrogens (primary N) is 1. The van der Waals surface area contributed by atoms with Crippen molar-refractivity contribution < 1.29 is 0 Å². The van der Waals surface area contributed by atoms with E-state index < -0.39 is 0 Å². The summed E-state index contributed by atoms with van der Waals surface area (Å²) >= 11 is 13.0. The molecule has 3 aromatic rings. The zero-order valence-electron chi connectivity index (χ0n) is 10.5. The highest BCUT2D eigenvalue weighted by Gasteiger charge is 2.15. The number of imidazole rings is 1. The lowest BCUT2D eigenvalue weighted by Crippen LogP contribution is -1.95. The first-order valence-electron chi connectivity index (χ1n) is 5.86. The molecule has 3 rings (SSSR count). The average Bonchev–Trinajstić information content (AvgIpc) is 2.68. The first-order chi connectivity index (χ1) is 9.47. The maximum atomic E-state index is 6.24. The molecule has 0 aliphatic rings. The van der Waals surface area contributed by atoms with E-state index in [1.54, 1.807) is 0 Å². The van der Waals surface area contributed by atoms with Gasteiger partial charge >= 0.3 is 0 Å². The van der Waals surface area contributed by atoms with E-state index in [2.05, 4.69) is 36.8 Å². The summed E-state index contributed by atoms with van der Waals surface area (Å²) in [4.78, 5) is 4.66. The summed E-state index contributed by atoms with van der Waals surface area (Å²) < 4.78 is 3.72. The van der Waals surface area contributed by atoms with Gasteiger partial charge in [0.15, 0.2) is 0 Å². The van der Waals surface area contributed by atoms with E-state index in [0.717, 1.165) is 31.4 Å². The zero-order valence-corrected chi connectivity index (χ0v) is 14.4. The van der Waals surface area contributed by atoms with Gasteiger partial charge in [0.1, 0.15) is 17.2 Å². The molecule has 0 atom stereocenters. The van der Waals surface area contributed by atoms with Crippen molar-refractivity contribution in [3.05, 3.63) is 50.0 Å². The molecule has 2 heterocycles. The van der Waals surface area contributed by atoms with E-state index in [1.165, 1.54) is 0 Å². The van der Waals surface area contributed by atoms with E-state index in [0.29, 0.717) is 10.8 Å². The minimum Gasteiger partial charge on any atom is -0.383 e. The van der Waals surface area contributed by atoms with Gasteiger partial charge in [-0.05, 0) is 46.6 Å². The first-order valence-corrected chi connectivity index (χ1v) is 7.83. The number of halogens is 3. The topological polar surface area (TPSA) is 43.3 Å². The molecule has 0 fully saturated rings. The monoisotopic (exact) mass is 413 g/mol. The normalized spacial score (nSPS) is 11.2. The molecule has 0 radical (unpaired) electrons. The van der Waals surface area contributed by atoms with Crippen LogP contribution in [0, 0.1) is 6.92 Å². The molecule has 0 saturated heterocycles. The van der Waals surface area contributed by atoms with Crippen LogP contribution in [0.5, 0.6) is 0 Å². The Morgan fingerprint density at radius 3 is 2.70 bits per heavy atom. The summed E-state index contributed by atoms with van der Waals surface area (Å²) in [5.41, 5.74) is 9.82. The molecule has 3 nitrogen and oxygen atoms in total. The molecule has 2 N–H and O–H groups in total. The number of pyridine rings is 1. The minimum atomic E-state index is 0.604. The van der Waals surface area contributed by atoms with Crippen LogP contribution in [0.15, 0.2) is 39.4 Å². The van der Waals surface area contributed by atoms with Gasteiger partial charge in [-0.1, -0.05) is 33.6 Å². The Kier molecular flexibility index (Phi) is 3.52. The molecule has 0 amide bonds. The number of benzene rings is 1. The van der Waals surface area contributed by atoms with Gasteiger partial charge in [-0.3, -0.25) is 4.40 Å². The molecule has 1 aromatic carbocycles. The highest BCUT2D eigenvalue weighted by Crippen LogP contribution is 2.35. The van der Waals surface area contributed by atoms with Crippen LogP contribution in [-0.4, -0.2) is 9.38 Å². The van der Waals surface area contributed by atoms with Gasteiger partial charge in [-0.2, -0.15) is 0 Å². The van der Waals surface area contributed by atoms with E-state index >= 15 is 0 Å². The summed E-state index contributed by atoms with van der Waals surface area (Å²) in [6.07, 6.45) is 1.91. The van der Waals surface area contributed by atoms with Crippen molar-refractivity contribution in [3.8, 4) is 11.3 Å². The molecule has 0 aliphatic carbocycles. The van der Waals surface area contributed by atoms with Gasteiger partial charge in [-0.15, -0.1) is 0 Å². The summed E-state index contributed by atoms with van der Waals surface area (Å²) in [5.74, 6) is 0.604. The molecule has 0 spiro atoms. The minimum absolute atomic E-state index is 0.604. The summed E-state index contributed by atoms with van der Waals surface area (Å²) in [5, 5.41) is 0.668. The molecule has 0 bridgehead atoms. The number of nitrogen functional groups attached to an aromatic ring is 1. The van der Waals surface area contributed by atoms with Crippen LogP contribution < -0.4 is 5.73 Å². The van der Waals surface area contributed by atoms with E-state index in [1.807, 2.05) is 41.8 Å². The number of anilines is 1. The molecule has 2 aromatic heterocycles. The maximum absolute atomic E-state index is 6.24. The standard InChI is InChI=1S/C14H10Br2ClN3/c1-7-4-8(15)6-20-13(18)12(19-14(7)20)10-3-2-9(17)5-11(10)16/h2-6H,18H2,1H3. The Hall–Kier alpha value is -1.04. The van der Waals surface area contributed by atoms with Crippen LogP contribution >= 0.6 is 43.5 Å². The van der Waals surface area contributed by atoms with Gasteiger partial charge in [0.2, 0.25) is 0 Å². The number of nitrogens with zero attached hydrogens (tertiary/aromatic N) is 2. The smallest absolute Gasteiger partial charge is 0.142 e. The lowest BCUT2D eigenvalue weighted by Gasteiger charge is -2.03. The largest absolute Gasteiger partial charge is 0.383 e. The first kappa shape index (κ1) is 13.9. The van der Waals surface area contributed by atoms with Crippen LogP contribution in [0.25, 0.3) is 16.9 Å². The third-order valence-electron chi connectivity index (χ3n) is 3.09. The maximum Gasteiger partial charge on any atom is 0.142 e. The number of hydrogen-bond acceptors (Lipinski definition) is 2. The quantitative estimate of drug-likeness (QED) is 0.603. The Balaban J connectivity index is 2.32. The van der Waals surface area contributed by atoms with Crippen molar-refractivity contribution in [2.24, 2.45) is 0 Å². The van der Waals surface area contributed by atoms with Crippen LogP contribution in [-0.2, 0) is 0 Å². The molecular formula is C14H10Br2ClN3. The number of aromatic nitrogens is 2. The Morgan fingerprint density at radius 2 is 2.00 bits per heavy atom. The highest BCUT2D eigenvalue weighted by atomic mass is 79.9. The second-order valence-electron chi connectivity index (χ2n) is 4.50. The summed E-state index contributed by atoms with van der Waals surface area (Å²) in [6.45, 7) is 2.01. The van der Waals surface area contributed by atoms with Gasteiger partial charge < -0.3 is 5.73 Å². The average molecular weight is 416 g/mol. The predicted octanol–water partition coefficient (Wildman–Crippen LogP) is 5.07.